The molecule has 3 nitrogen and oxygen atoms in total. The van der Waals surface area contributed by atoms with Crippen molar-refractivity contribution in [2.24, 2.45) is 4.99 Å². The smallest absolute Gasteiger partial charge is 0.151 e. The summed E-state index contributed by atoms with van der Waals surface area (Å²) in [6.45, 7) is 0.688. The normalized spacial score (nSPS) is 15.4. The molecule has 1 aromatic heterocycles. The predicted octanol–water partition coefficient (Wildman–Crippen LogP) is 1.66. The Labute approximate surface area is 81.2 Å². The Kier molecular flexibility index (Phi) is 2.26. The largest absolute Gasteiger partial charge is 0.397 e. The number of rotatable bonds is 1. The molecule has 0 saturated carbocycles. The standard InChI is InChI=1S/C10H10FN3/c11-8-5-14-6-9(12)10(8)7-1-3-13-4-2-7/h1,3,5-6H,2,4,12H2. The van der Waals surface area contributed by atoms with Crippen LogP contribution in [-0.2, 0) is 0 Å². The first-order chi connectivity index (χ1) is 6.79. The second-order valence-corrected chi connectivity index (χ2v) is 3.08. The zero-order valence-corrected chi connectivity index (χ0v) is 7.57. The van der Waals surface area contributed by atoms with Gasteiger partial charge in [-0.1, -0.05) is 0 Å². The van der Waals surface area contributed by atoms with Gasteiger partial charge in [-0.25, -0.2) is 4.39 Å². The van der Waals surface area contributed by atoms with E-state index in [1.54, 1.807) is 12.3 Å². The molecule has 0 radical (unpaired) electrons. The maximum atomic E-state index is 13.4. The number of aromatic nitrogens is 1. The first kappa shape index (κ1) is 8.87. The molecule has 2 N–H and O–H groups in total. The van der Waals surface area contributed by atoms with Crippen LogP contribution in [-0.4, -0.2) is 17.7 Å². The molecule has 0 amide bonds. The summed E-state index contributed by atoms with van der Waals surface area (Å²) in [4.78, 5) is 7.71. The summed E-state index contributed by atoms with van der Waals surface area (Å²) >= 11 is 0. The highest BCUT2D eigenvalue weighted by Gasteiger charge is 2.12. The summed E-state index contributed by atoms with van der Waals surface area (Å²) in [5.74, 6) is -0.369. The third kappa shape index (κ3) is 1.51. The van der Waals surface area contributed by atoms with Crippen molar-refractivity contribution in [3.8, 4) is 0 Å². The van der Waals surface area contributed by atoms with E-state index in [0.717, 1.165) is 12.0 Å². The van der Waals surface area contributed by atoms with Gasteiger partial charge in [0.2, 0.25) is 0 Å². The molecule has 2 rings (SSSR count). The number of pyridine rings is 1. The van der Waals surface area contributed by atoms with Crippen LogP contribution in [0, 0.1) is 5.82 Å². The molecule has 4 heteroatoms. The molecule has 1 aliphatic heterocycles. The third-order valence-corrected chi connectivity index (χ3v) is 2.14. The quantitative estimate of drug-likeness (QED) is 0.733. The van der Waals surface area contributed by atoms with Crippen molar-refractivity contribution in [2.45, 2.75) is 6.42 Å². The summed E-state index contributed by atoms with van der Waals surface area (Å²) in [7, 11) is 0. The van der Waals surface area contributed by atoms with Crippen LogP contribution >= 0.6 is 0 Å². The van der Waals surface area contributed by atoms with Crippen molar-refractivity contribution in [1.82, 2.24) is 4.98 Å². The van der Waals surface area contributed by atoms with E-state index in [2.05, 4.69) is 9.98 Å². The molecule has 0 fully saturated rings. The Balaban J connectivity index is 2.50. The van der Waals surface area contributed by atoms with Gasteiger partial charge in [0.1, 0.15) is 0 Å². The number of hydrogen-bond acceptors (Lipinski definition) is 3. The molecule has 0 saturated heterocycles. The first-order valence-electron chi connectivity index (χ1n) is 4.37. The second-order valence-electron chi connectivity index (χ2n) is 3.08. The molecular formula is C10H10FN3. The molecule has 0 unspecified atom stereocenters. The zero-order chi connectivity index (χ0) is 9.97. The van der Waals surface area contributed by atoms with Gasteiger partial charge in [-0.05, 0) is 18.1 Å². The van der Waals surface area contributed by atoms with Crippen LogP contribution in [0.25, 0.3) is 5.57 Å². The molecule has 2 heterocycles. The van der Waals surface area contributed by atoms with Gasteiger partial charge in [0.25, 0.3) is 0 Å². The van der Waals surface area contributed by atoms with Crippen molar-refractivity contribution >= 4 is 17.5 Å². The fourth-order valence-electron chi connectivity index (χ4n) is 1.48. The highest BCUT2D eigenvalue weighted by Crippen LogP contribution is 2.26. The topological polar surface area (TPSA) is 51.3 Å². The molecule has 0 aliphatic carbocycles. The number of dihydropyridines is 1. The summed E-state index contributed by atoms with van der Waals surface area (Å²) < 4.78 is 13.4. The monoisotopic (exact) mass is 191 g/mol. The van der Waals surface area contributed by atoms with Crippen molar-refractivity contribution in [3.63, 3.8) is 0 Å². The number of halogens is 1. The molecule has 0 atom stereocenters. The minimum Gasteiger partial charge on any atom is -0.397 e. The lowest BCUT2D eigenvalue weighted by molar-refractivity contribution is 0.617. The van der Waals surface area contributed by atoms with Gasteiger partial charge in [-0.2, -0.15) is 0 Å². The van der Waals surface area contributed by atoms with Crippen LogP contribution in [0.1, 0.15) is 12.0 Å². The van der Waals surface area contributed by atoms with E-state index >= 15 is 0 Å². The first-order valence-corrected chi connectivity index (χ1v) is 4.37. The average Bonchev–Trinajstić information content (AvgIpc) is 2.19. The average molecular weight is 191 g/mol. The maximum Gasteiger partial charge on any atom is 0.151 e. The minimum absolute atomic E-state index is 0.369. The van der Waals surface area contributed by atoms with Gasteiger partial charge < -0.3 is 5.73 Å². The fourth-order valence-corrected chi connectivity index (χ4v) is 1.48. The van der Waals surface area contributed by atoms with Crippen LogP contribution in [0.2, 0.25) is 0 Å². The molecule has 72 valence electrons. The molecule has 0 spiro atoms. The Bertz CT molecular complexity index is 390. The van der Waals surface area contributed by atoms with E-state index < -0.39 is 0 Å². The number of aliphatic imine (C=N–C) groups is 1. The Morgan fingerprint density at radius 2 is 2.21 bits per heavy atom. The SMILES string of the molecule is Nc1cncc(F)c1C1=CC=NCC1. The van der Waals surface area contributed by atoms with Gasteiger partial charge in [-0.3, -0.25) is 9.98 Å². The van der Waals surface area contributed by atoms with E-state index in [-0.39, 0.29) is 5.82 Å². The molecule has 1 aliphatic rings. The van der Waals surface area contributed by atoms with Crippen molar-refractivity contribution < 1.29 is 4.39 Å². The van der Waals surface area contributed by atoms with Crippen LogP contribution in [0.15, 0.2) is 23.5 Å². The van der Waals surface area contributed by atoms with E-state index in [1.807, 2.05) is 0 Å². The number of nitrogens with zero attached hydrogens (tertiary/aromatic N) is 2. The fraction of sp³-hybridized carbons (Fsp3) is 0.200. The maximum absolute atomic E-state index is 13.4. The van der Waals surface area contributed by atoms with Gasteiger partial charge in [-0.15, -0.1) is 0 Å². The summed E-state index contributed by atoms with van der Waals surface area (Å²) in [5, 5.41) is 0. The number of nitrogen functional groups attached to an aromatic ring is 1. The molecule has 0 aromatic carbocycles. The Morgan fingerprint density at radius 3 is 2.86 bits per heavy atom. The Morgan fingerprint density at radius 1 is 1.36 bits per heavy atom. The van der Waals surface area contributed by atoms with Gasteiger partial charge in [0.15, 0.2) is 5.82 Å². The molecule has 14 heavy (non-hydrogen) atoms. The lowest BCUT2D eigenvalue weighted by Crippen LogP contribution is -2.02. The van der Waals surface area contributed by atoms with E-state index in [4.69, 9.17) is 5.73 Å². The Hall–Kier alpha value is -1.71. The number of hydrogen-bond donors (Lipinski definition) is 1. The molecular weight excluding hydrogens is 181 g/mol. The minimum atomic E-state index is -0.369. The van der Waals surface area contributed by atoms with Crippen LogP contribution in [0.4, 0.5) is 10.1 Å². The van der Waals surface area contributed by atoms with Crippen molar-refractivity contribution in [1.29, 1.82) is 0 Å². The van der Waals surface area contributed by atoms with Crippen molar-refractivity contribution in [3.05, 3.63) is 29.9 Å². The second kappa shape index (κ2) is 3.57. The van der Waals surface area contributed by atoms with Crippen LogP contribution in [0.3, 0.4) is 0 Å². The van der Waals surface area contributed by atoms with Crippen molar-refractivity contribution in [2.75, 3.05) is 12.3 Å². The lowest BCUT2D eigenvalue weighted by Gasteiger charge is -2.11. The van der Waals surface area contributed by atoms with Gasteiger partial charge in [0, 0.05) is 18.3 Å². The van der Waals surface area contributed by atoms with Gasteiger partial charge >= 0.3 is 0 Å². The van der Waals surface area contributed by atoms with Crippen LogP contribution < -0.4 is 5.73 Å². The number of anilines is 1. The predicted molar refractivity (Wildman–Crippen MR) is 54.6 cm³/mol. The molecule has 0 bridgehead atoms. The van der Waals surface area contributed by atoms with E-state index in [0.29, 0.717) is 17.8 Å². The number of nitrogens with two attached hydrogens (primary N) is 1. The lowest BCUT2D eigenvalue weighted by atomic mass is 10.0. The third-order valence-electron chi connectivity index (χ3n) is 2.14. The van der Waals surface area contributed by atoms with E-state index in [1.165, 1.54) is 12.4 Å². The van der Waals surface area contributed by atoms with E-state index in [9.17, 15) is 4.39 Å². The number of allylic oxidation sites excluding steroid dienone is 1. The highest BCUT2D eigenvalue weighted by molar-refractivity contribution is 5.88. The van der Waals surface area contributed by atoms with Gasteiger partial charge in [0.05, 0.1) is 18.1 Å². The zero-order valence-electron chi connectivity index (χ0n) is 7.57. The van der Waals surface area contributed by atoms with Crippen LogP contribution in [0.5, 0.6) is 0 Å². The summed E-state index contributed by atoms with van der Waals surface area (Å²) in [5.41, 5.74) is 7.40. The summed E-state index contributed by atoms with van der Waals surface area (Å²) in [6, 6.07) is 0. The molecule has 1 aromatic rings. The summed E-state index contributed by atoms with van der Waals surface area (Å²) in [6.07, 6.45) is 6.83. The highest BCUT2D eigenvalue weighted by atomic mass is 19.1.